The van der Waals surface area contributed by atoms with E-state index in [-0.39, 0.29) is 10.8 Å². The number of carbonyl (C=O) groups is 1. The Bertz CT molecular complexity index is 1150. The minimum Gasteiger partial charge on any atom is -0.352 e. The minimum atomic E-state index is -3.72. The lowest BCUT2D eigenvalue weighted by molar-refractivity contribution is 0.0954. The number of hydrogen-bond donors (Lipinski definition) is 3. The first-order valence-corrected chi connectivity index (χ1v) is 10.9. The molecule has 0 saturated carbocycles. The molecule has 0 aliphatic carbocycles. The van der Waals surface area contributed by atoms with Crippen molar-refractivity contribution in [2.24, 2.45) is 0 Å². The first-order valence-electron chi connectivity index (χ1n) is 9.01. The van der Waals surface area contributed by atoms with Crippen molar-refractivity contribution in [1.29, 1.82) is 0 Å². The molecular formula is C19H21N5O3S2. The molecule has 0 fully saturated rings. The van der Waals surface area contributed by atoms with E-state index in [1.54, 1.807) is 36.4 Å². The van der Waals surface area contributed by atoms with Crippen molar-refractivity contribution in [3.8, 4) is 0 Å². The quantitative estimate of drug-likeness (QED) is 0.475. The number of H-pyrrole nitrogens is 1. The summed E-state index contributed by atoms with van der Waals surface area (Å²) in [5, 5.41) is 9.71. The third-order valence-electron chi connectivity index (χ3n) is 4.22. The van der Waals surface area contributed by atoms with Crippen LogP contribution in [0.25, 0.3) is 0 Å². The Kier molecular flexibility index (Phi) is 6.45. The number of carbonyl (C=O) groups excluding carboxylic acids is 1. The lowest BCUT2D eigenvalue weighted by atomic mass is 10.2. The maximum absolute atomic E-state index is 12.4. The second-order valence-electron chi connectivity index (χ2n) is 6.19. The van der Waals surface area contributed by atoms with Crippen LogP contribution in [0.2, 0.25) is 0 Å². The predicted octanol–water partition coefficient (Wildman–Crippen LogP) is 2.73. The van der Waals surface area contributed by atoms with Crippen LogP contribution < -0.4 is 10.0 Å². The average molecular weight is 432 g/mol. The SMILES string of the molecule is CCn1c(CCNC(=O)c2cccc(NS(=O)(=O)c3ccccc3)c2)n[nH]c1=S. The molecule has 8 nitrogen and oxygen atoms in total. The summed E-state index contributed by atoms with van der Waals surface area (Å²) in [7, 11) is -3.72. The van der Waals surface area contributed by atoms with E-state index in [2.05, 4.69) is 20.2 Å². The molecule has 0 spiro atoms. The molecule has 0 aliphatic rings. The van der Waals surface area contributed by atoms with Crippen LogP contribution in [-0.2, 0) is 23.0 Å². The summed E-state index contributed by atoms with van der Waals surface area (Å²) < 4.78 is 29.8. The molecule has 3 aromatic rings. The molecule has 1 aromatic heterocycles. The Balaban J connectivity index is 1.64. The largest absolute Gasteiger partial charge is 0.352 e. The zero-order chi connectivity index (χ0) is 20.9. The van der Waals surface area contributed by atoms with Gasteiger partial charge in [-0.3, -0.25) is 14.6 Å². The van der Waals surface area contributed by atoms with Crippen molar-refractivity contribution in [3.63, 3.8) is 0 Å². The number of aromatic nitrogens is 3. The molecule has 3 rings (SSSR count). The van der Waals surface area contributed by atoms with Gasteiger partial charge in [0.15, 0.2) is 4.77 Å². The van der Waals surface area contributed by atoms with E-state index < -0.39 is 10.0 Å². The zero-order valence-corrected chi connectivity index (χ0v) is 17.4. The molecule has 1 heterocycles. The first kappa shape index (κ1) is 20.7. The monoisotopic (exact) mass is 431 g/mol. The van der Waals surface area contributed by atoms with Crippen LogP contribution in [0.5, 0.6) is 0 Å². The molecule has 152 valence electrons. The van der Waals surface area contributed by atoms with E-state index in [4.69, 9.17) is 12.2 Å². The van der Waals surface area contributed by atoms with Crippen LogP contribution >= 0.6 is 12.2 Å². The molecule has 3 N–H and O–H groups in total. The second kappa shape index (κ2) is 9.01. The first-order chi connectivity index (χ1) is 13.9. The van der Waals surface area contributed by atoms with Gasteiger partial charge >= 0.3 is 0 Å². The number of nitrogens with zero attached hydrogens (tertiary/aromatic N) is 2. The Morgan fingerprint density at radius 2 is 1.93 bits per heavy atom. The van der Waals surface area contributed by atoms with Gasteiger partial charge in [-0.05, 0) is 49.5 Å². The van der Waals surface area contributed by atoms with Gasteiger partial charge in [0.05, 0.1) is 4.90 Å². The van der Waals surface area contributed by atoms with Gasteiger partial charge in [0.2, 0.25) is 0 Å². The van der Waals surface area contributed by atoms with E-state index >= 15 is 0 Å². The topological polar surface area (TPSA) is 109 Å². The van der Waals surface area contributed by atoms with Gasteiger partial charge < -0.3 is 9.88 Å². The highest BCUT2D eigenvalue weighted by atomic mass is 32.2. The van der Waals surface area contributed by atoms with Crippen LogP contribution in [0.1, 0.15) is 23.1 Å². The van der Waals surface area contributed by atoms with Crippen molar-refractivity contribution in [3.05, 3.63) is 70.8 Å². The minimum absolute atomic E-state index is 0.152. The van der Waals surface area contributed by atoms with Gasteiger partial charge in [-0.2, -0.15) is 5.10 Å². The lowest BCUT2D eigenvalue weighted by Crippen LogP contribution is -2.26. The van der Waals surface area contributed by atoms with Crippen molar-refractivity contribution in [1.82, 2.24) is 20.1 Å². The van der Waals surface area contributed by atoms with E-state index in [0.717, 1.165) is 5.82 Å². The number of aromatic amines is 1. The molecule has 2 aromatic carbocycles. The van der Waals surface area contributed by atoms with Crippen LogP contribution in [-0.4, -0.2) is 35.6 Å². The van der Waals surface area contributed by atoms with Gasteiger partial charge in [0, 0.05) is 30.8 Å². The van der Waals surface area contributed by atoms with Crippen LogP contribution in [0.15, 0.2) is 59.5 Å². The summed E-state index contributed by atoms with van der Waals surface area (Å²) in [6.07, 6.45) is 0.521. The molecule has 0 saturated heterocycles. The Hall–Kier alpha value is -2.98. The standard InChI is InChI=1S/C19H21N5O3S2/c1-2-24-17(21-22-19(24)28)11-12-20-18(25)14-7-6-8-15(13-14)23-29(26,27)16-9-4-3-5-10-16/h3-10,13,23H,2,11-12H2,1H3,(H,20,25)(H,22,28). The second-order valence-corrected chi connectivity index (χ2v) is 8.26. The van der Waals surface area contributed by atoms with E-state index in [1.165, 1.54) is 18.2 Å². The maximum Gasteiger partial charge on any atom is 0.261 e. The highest BCUT2D eigenvalue weighted by Gasteiger charge is 2.14. The van der Waals surface area contributed by atoms with Crippen molar-refractivity contribution < 1.29 is 13.2 Å². The highest BCUT2D eigenvalue weighted by molar-refractivity contribution is 7.92. The lowest BCUT2D eigenvalue weighted by Gasteiger charge is -2.10. The number of rotatable bonds is 8. The summed E-state index contributed by atoms with van der Waals surface area (Å²) in [6.45, 7) is 3.04. The molecular weight excluding hydrogens is 410 g/mol. The van der Waals surface area contributed by atoms with Crippen molar-refractivity contribution in [2.45, 2.75) is 24.8 Å². The molecule has 0 radical (unpaired) electrons. The third kappa shape index (κ3) is 5.09. The molecule has 0 aliphatic heterocycles. The molecule has 0 bridgehead atoms. The number of amides is 1. The molecule has 0 atom stereocenters. The van der Waals surface area contributed by atoms with Gasteiger partial charge in [-0.1, -0.05) is 24.3 Å². The van der Waals surface area contributed by atoms with Gasteiger partial charge in [-0.15, -0.1) is 0 Å². The maximum atomic E-state index is 12.4. The molecule has 29 heavy (non-hydrogen) atoms. The Morgan fingerprint density at radius 3 is 2.66 bits per heavy atom. The normalized spacial score (nSPS) is 11.2. The summed E-state index contributed by atoms with van der Waals surface area (Å²) in [5.41, 5.74) is 0.668. The Labute approximate surface area is 174 Å². The van der Waals surface area contributed by atoms with Crippen molar-refractivity contribution in [2.75, 3.05) is 11.3 Å². The van der Waals surface area contributed by atoms with Crippen LogP contribution in [0, 0.1) is 4.77 Å². The van der Waals surface area contributed by atoms with Gasteiger partial charge in [-0.25, -0.2) is 8.42 Å². The number of anilines is 1. The number of benzene rings is 2. The number of sulfonamides is 1. The van der Waals surface area contributed by atoms with Gasteiger partial charge in [0.25, 0.3) is 15.9 Å². The summed E-state index contributed by atoms with van der Waals surface area (Å²) >= 11 is 5.15. The molecule has 1 amide bonds. The number of nitrogens with one attached hydrogen (secondary N) is 3. The predicted molar refractivity (Wildman–Crippen MR) is 113 cm³/mol. The number of hydrogen-bond acceptors (Lipinski definition) is 5. The summed E-state index contributed by atoms with van der Waals surface area (Å²) in [6, 6.07) is 14.4. The molecule has 0 unspecified atom stereocenters. The zero-order valence-electron chi connectivity index (χ0n) is 15.8. The van der Waals surface area contributed by atoms with Crippen LogP contribution in [0.3, 0.4) is 0 Å². The fraction of sp³-hybridized carbons (Fsp3) is 0.211. The van der Waals surface area contributed by atoms with E-state index in [0.29, 0.717) is 35.5 Å². The van der Waals surface area contributed by atoms with E-state index in [1.807, 2.05) is 11.5 Å². The smallest absolute Gasteiger partial charge is 0.261 e. The molecule has 10 heteroatoms. The van der Waals surface area contributed by atoms with Crippen LogP contribution in [0.4, 0.5) is 5.69 Å². The van der Waals surface area contributed by atoms with E-state index in [9.17, 15) is 13.2 Å². The third-order valence-corrected chi connectivity index (χ3v) is 5.93. The summed E-state index contributed by atoms with van der Waals surface area (Å²) in [5.74, 6) is 0.463. The Morgan fingerprint density at radius 1 is 1.17 bits per heavy atom. The fourth-order valence-corrected chi connectivity index (χ4v) is 4.15. The summed E-state index contributed by atoms with van der Waals surface area (Å²) in [4.78, 5) is 12.6. The average Bonchev–Trinajstić information content (AvgIpc) is 3.08. The van der Waals surface area contributed by atoms with Crippen molar-refractivity contribution >= 4 is 33.8 Å². The fourth-order valence-electron chi connectivity index (χ4n) is 2.79. The van der Waals surface area contributed by atoms with Gasteiger partial charge in [0.1, 0.15) is 5.82 Å². The highest BCUT2D eigenvalue weighted by Crippen LogP contribution is 2.17.